The van der Waals surface area contributed by atoms with Crippen molar-refractivity contribution in [3.63, 3.8) is 0 Å². The Balaban J connectivity index is 2.59. The number of nitro benzene ring substituents is 1. The van der Waals surface area contributed by atoms with Gasteiger partial charge in [-0.05, 0) is 6.07 Å². The van der Waals surface area contributed by atoms with Gasteiger partial charge >= 0.3 is 12.0 Å². The number of fused-ring (bicyclic) bond motifs is 1. The van der Waals surface area contributed by atoms with E-state index in [0.717, 1.165) is 12.1 Å². The summed E-state index contributed by atoms with van der Waals surface area (Å²) >= 11 is 0. The summed E-state index contributed by atoms with van der Waals surface area (Å²) in [6.07, 6.45) is -4.68. The Bertz CT molecular complexity index is 474. The second kappa shape index (κ2) is 2.83. The van der Waals surface area contributed by atoms with Gasteiger partial charge in [-0.2, -0.15) is 17.6 Å². The molecule has 0 aromatic heterocycles. The molecule has 0 saturated heterocycles. The van der Waals surface area contributed by atoms with Crippen LogP contribution in [-0.4, -0.2) is 11.0 Å². The second-order valence-corrected chi connectivity index (χ2v) is 3.13. The van der Waals surface area contributed by atoms with Crippen LogP contribution in [0.2, 0.25) is 0 Å². The van der Waals surface area contributed by atoms with Crippen LogP contribution in [0.4, 0.5) is 23.2 Å². The number of benzene rings is 1. The van der Waals surface area contributed by atoms with Gasteiger partial charge in [0.1, 0.15) is 5.75 Å². The highest BCUT2D eigenvalue weighted by molar-refractivity contribution is 5.49. The highest BCUT2D eigenvalue weighted by atomic mass is 19.3. The lowest BCUT2D eigenvalue weighted by Gasteiger charge is -2.15. The van der Waals surface area contributed by atoms with Crippen molar-refractivity contribution in [2.45, 2.75) is 12.0 Å². The molecule has 1 aromatic carbocycles. The van der Waals surface area contributed by atoms with Crippen molar-refractivity contribution in [1.29, 1.82) is 0 Å². The van der Waals surface area contributed by atoms with E-state index < -0.39 is 34.0 Å². The van der Waals surface area contributed by atoms with E-state index in [9.17, 15) is 27.7 Å². The Morgan fingerprint density at radius 2 is 1.88 bits per heavy atom. The monoisotopic (exact) mass is 237 g/mol. The van der Waals surface area contributed by atoms with Gasteiger partial charge < -0.3 is 4.74 Å². The number of hydrogen-bond acceptors (Lipinski definition) is 3. The average Bonchev–Trinajstić information content (AvgIpc) is 2.33. The summed E-state index contributed by atoms with van der Waals surface area (Å²) in [5.41, 5.74) is -1.87. The number of non-ortho nitro benzene ring substituents is 1. The average molecular weight is 237 g/mol. The lowest BCUT2D eigenvalue weighted by molar-refractivity contribution is -0.385. The molecule has 0 aliphatic carbocycles. The van der Waals surface area contributed by atoms with Gasteiger partial charge in [0, 0.05) is 12.1 Å². The minimum Gasteiger partial charge on any atom is -0.427 e. The number of nitro groups is 1. The number of halogens is 4. The highest BCUT2D eigenvalue weighted by Gasteiger charge is 2.66. The van der Waals surface area contributed by atoms with E-state index in [4.69, 9.17) is 0 Å². The van der Waals surface area contributed by atoms with Gasteiger partial charge in [-0.25, -0.2) is 0 Å². The zero-order valence-corrected chi connectivity index (χ0v) is 7.42. The Kier molecular flexibility index (Phi) is 1.89. The van der Waals surface area contributed by atoms with E-state index in [0.29, 0.717) is 6.07 Å². The topological polar surface area (TPSA) is 52.4 Å². The summed E-state index contributed by atoms with van der Waals surface area (Å²) in [4.78, 5) is 9.35. The van der Waals surface area contributed by atoms with Crippen molar-refractivity contribution in [3.05, 3.63) is 33.9 Å². The van der Waals surface area contributed by atoms with Crippen molar-refractivity contribution in [3.8, 4) is 5.75 Å². The maximum absolute atomic E-state index is 13.1. The minimum atomic E-state index is -4.68. The first kappa shape index (κ1) is 10.7. The second-order valence-electron chi connectivity index (χ2n) is 3.13. The van der Waals surface area contributed by atoms with E-state index in [1.165, 1.54) is 0 Å². The fourth-order valence-corrected chi connectivity index (χ4v) is 1.32. The molecular weight excluding hydrogens is 234 g/mol. The molecule has 2 rings (SSSR count). The van der Waals surface area contributed by atoms with Gasteiger partial charge in [0.15, 0.2) is 0 Å². The number of ether oxygens (including phenoxy) is 1. The van der Waals surface area contributed by atoms with Gasteiger partial charge in [-0.3, -0.25) is 10.1 Å². The quantitative estimate of drug-likeness (QED) is 0.428. The molecule has 0 amide bonds. The van der Waals surface area contributed by atoms with Gasteiger partial charge in [0.2, 0.25) is 0 Å². The molecule has 86 valence electrons. The normalized spacial score (nSPS) is 20.0. The zero-order valence-electron chi connectivity index (χ0n) is 7.42. The Labute approximate surface area is 85.6 Å². The summed E-state index contributed by atoms with van der Waals surface area (Å²) in [5.74, 6) is -5.31. The maximum atomic E-state index is 13.1. The van der Waals surface area contributed by atoms with Crippen LogP contribution in [-0.2, 0) is 5.92 Å². The van der Waals surface area contributed by atoms with Crippen LogP contribution < -0.4 is 4.74 Å². The summed E-state index contributed by atoms with van der Waals surface area (Å²) in [6, 6.07) is 1.93. The first-order valence-corrected chi connectivity index (χ1v) is 3.99. The third-order valence-corrected chi connectivity index (χ3v) is 2.12. The van der Waals surface area contributed by atoms with Gasteiger partial charge in [0.05, 0.1) is 10.5 Å². The van der Waals surface area contributed by atoms with Crippen LogP contribution in [0.15, 0.2) is 18.2 Å². The summed E-state index contributed by atoms with van der Waals surface area (Å²) in [5, 5.41) is 10.3. The molecule has 0 fully saturated rings. The number of hydrogen-bond donors (Lipinski definition) is 0. The molecule has 0 bridgehead atoms. The van der Waals surface area contributed by atoms with Crippen LogP contribution in [0.5, 0.6) is 5.75 Å². The maximum Gasteiger partial charge on any atom is 0.469 e. The van der Waals surface area contributed by atoms with Crippen molar-refractivity contribution in [1.82, 2.24) is 0 Å². The fourth-order valence-electron chi connectivity index (χ4n) is 1.32. The summed E-state index contributed by atoms with van der Waals surface area (Å²) < 4.78 is 55.3. The molecule has 0 N–H and O–H groups in total. The highest BCUT2D eigenvalue weighted by Crippen LogP contribution is 2.53. The molecule has 0 unspecified atom stereocenters. The third kappa shape index (κ3) is 1.22. The molecule has 0 saturated carbocycles. The van der Waals surface area contributed by atoms with E-state index in [2.05, 4.69) is 4.74 Å². The standard InChI is InChI=1S/C8H3F4NO3/c9-7(10)5-3-4(13(14)15)1-2-6(5)16-8(7,11)12/h1-3H. The van der Waals surface area contributed by atoms with E-state index in [1.54, 1.807) is 0 Å². The molecule has 1 aromatic rings. The lowest BCUT2D eigenvalue weighted by atomic mass is 10.1. The van der Waals surface area contributed by atoms with Gasteiger partial charge in [-0.15, -0.1) is 0 Å². The molecule has 0 spiro atoms. The summed E-state index contributed by atoms with van der Waals surface area (Å²) in [7, 11) is 0. The number of rotatable bonds is 1. The minimum absolute atomic E-state index is 0.385. The first-order chi connectivity index (χ1) is 7.25. The van der Waals surface area contributed by atoms with E-state index >= 15 is 0 Å². The molecular formula is C8H3F4NO3. The Hall–Kier alpha value is -1.86. The lowest BCUT2D eigenvalue weighted by Crippen LogP contribution is -2.36. The fraction of sp³-hybridized carbons (Fsp3) is 0.250. The molecule has 1 heterocycles. The van der Waals surface area contributed by atoms with Gasteiger partial charge in [0.25, 0.3) is 5.69 Å². The van der Waals surface area contributed by atoms with Crippen LogP contribution in [0.25, 0.3) is 0 Å². The molecule has 16 heavy (non-hydrogen) atoms. The molecule has 1 aliphatic rings. The van der Waals surface area contributed by atoms with Crippen LogP contribution in [0.1, 0.15) is 5.56 Å². The Morgan fingerprint density at radius 1 is 1.25 bits per heavy atom. The molecule has 0 radical (unpaired) electrons. The largest absolute Gasteiger partial charge is 0.469 e. The number of alkyl halides is 4. The molecule has 4 nitrogen and oxygen atoms in total. The van der Waals surface area contributed by atoms with Crippen LogP contribution in [0, 0.1) is 10.1 Å². The van der Waals surface area contributed by atoms with E-state index in [1.807, 2.05) is 0 Å². The smallest absolute Gasteiger partial charge is 0.427 e. The van der Waals surface area contributed by atoms with Crippen molar-refractivity contribution >= 4 is 5.69 Å². The SMILES string of the molecule is O=[N+]([O-])c1ccc2c(c1)C(F)(F)C(F)(F)O2. The number of nitrogens with zero attached hydrogens (tertiary/aromatic N) is 1. The van der Waals surface area contributed by atoms with Crippen molar-refractivity contribution in [2.24, 2.45) is 0 Å². The van der Waals surface area contributed by atoms with Crippen LogP contribution in [0.3, 0.4) is 0 Å². The zero-order chi connectivity index (χ0) is 12.1. The van der Waals surface area contributed by atoms with Crippen molar-refractivity contribution < 1.29 is 27.2 Å². The predicted molar refractivity (Wildman–Crippen MR) is 42.6 cm³/mol. The Morgan fingerprint density at radius 3 is 2.44 bits per heavy atom. The molecule has 0 atom stereocenters. The first-order valence-electron chi connectivity index (χ1n) is 3.99. The van der Waals surface area contributed by atoms with Crippen LogP contribution >= 0.6 is 0 Å². The third-order valence-electron chi connectivity index (χ3n) is 2.12. The molecule has 1 aliphatic heterocycles. The summed E-state index contributed by atoms with van der Waals surface area (Å²) in [6.45, 7) is 0. The van der Waals surface area contributed by atoms with Gasteiger partial charge in [-0.1, -0.05) is 0 Å². The van der Waals surface area contributed by atoms with Crippen molar-refractivity contribution in [2.75, 3.05) is 0 Å². The van der Waals surface area contributed by atoms with E-state index in [-0.39, 0.29) is 0 Å². The predicted octanol–water partition coefficient (Wildman–Crippen LogP) is 2.67. The molecule has 8 heteroatoms.